The lowest BCUT2D eigenvalue weighted by Gasteiger charge is -2.18. The van der Waals surface area contributed by atoms with Gasteiger partial charge >= 0.3 is 0 Å². The minimum atomic E-state index is 0.285. The predicted molar refractivity (Wildman–Crippen MR) is 89.9 cm³/mol. The van der Waals surface area contributed by atoms with E-state index < -0.39 is 0 Å². The highest BCUT2D eigenvalue weighted by molar-refractivity contribution is 9.09. The van der Waals surface area contributed by atoms with Crippen molar-refractivity contribution >= 4 is 33.7 Å². The van der Waals surface area contributed by atoms with Gasteiger partial charge in [0.05, 0.1) is 0 Å². The number of hydrogen-bond acceptors (Lipinski definition) is 1. The molecular formula is C16H21BrClN. The molecule has 0 aliphatic carbocycles. The molecule has 3 heteroatoms. The lowest BCUT2D eigenvalue weighted by atomic mass is 9.90. The zero-order valence-corrected chi connectivity index (χ0v) is 14.3. The van der Waals surface area contributed by atoms with Crippen LogP contribution in [0.5, 0.6) is 0 Å². The van der Waals surface area contributed by atoms with Crippen molar-refractivity contribution in [3.8, 4) is 0 Å². The third kappa shape index (κ3) is 4.47. The molecule has 1 rings (SSSR count). The Balaban J connectivity index is 3.21. The van der Waals surface area contributed by atoms with Crippen molar-refractivity contribution in [1.82, 2.24) is 0 Å². The summed E-state index contributed by atoms with van der Waals surface area (Å²) in [6.07, 6.45) is 2.89. The molecule has 19 heavy (non-hydrogen) atoms. The van der Waals surface area contributed by atoms with Gasteiger partial charge in [0.25, 0.3) is 0 Å². The first-order chi connectivity index (χ1) is 9.01. The summed E-state index contributed by atoms with van der Waals surface area (Å²) in [6.45, 7) is 8.58. The zero-order valence-electron chi connectivity index (χ0n) is 12.0. The molecule has 0 radical (unpaired) electrons. The van der Waals surface area contributed by atoms with Gasteiger partial charge in [-0.05, 0) is 43.5 Å². The van der Waals surface area contributed by atoms with Crippen molar-refractivity contribution in [1.29, 1.82) is 0 Å². The molecule has 0 aliphatic rings. The molecule has 0 N–H and O–H groups in total. The molecule has 0 bridgehead atoms. The van der Waals surface area contributed by atoms with Crippen molar-refractivity contribution in [3.05, 3.63) is 45.6 Å². The summed E-state index contributed by atoms with van der Waals surface area (Å²) in [4.78, 5) is 4.59. The number of aryl methyl sites for hydroxylation is 1. The standard InChI is InChI=1S/C16H21BrClN/c1-5-13-10-14(18)6-7-15(13)12(4)16(11(2)3)19-9-8-17/h6-7,9-10,12H,5,8H2,1-4H3/t12-/m1/s1. The quantitative estimate of drug-likeness (QED) is 0.476. The highest BCUT2D eigenvalue weighted by atomic mass is 79.9. The number of halogens is 2. The Labute approximate surface area is 129 Å². The van der Waals surface area contributed by atoms with Gasteiger partial charge in [-0.25, -0.2) is 0 Å². The van der Waals surface area contributed by atoms with Crippen LogP contribution in [-0.4, -0.2) is 11.5 Å². The monoisotopic (exact) mass is 341 g/mol. The van der Waals surface area contributed by atoms with Crippen LogP contribution >= 0.6 is 27.5 Å². The first kappa shape index (κ1) is 16.5. The van der Waals surface area contributed by atoms with Crippen molar-refractivity contribution in [2.75, 3.05) is 5.33 Å². The summed E-state index contributed by atoms with van der Waals surface area (Å²) in [5.74, 6) is 0.285. The average Bonchev–Trinajstić information content (AvgIpc) is 2.38. The summed E-state index contributed by atoms with van der Waals surface area (Å²) >= 11 is 9.46. The van der Waals surface area contributed by atoms with E-state index in [1.807, 2.05) is 12.3 Å². The summed E-state index contributed by atoms with van der Waals surface area (Å²) in [6, 6.07) is 6.14. The Bertz CT molecular complexity index is 488. The Morgan fingerprint density at radius 2 is 2.11 bits per heavy atom. The van der Waals surface area contributed by atoms with Gasteiger partial charge in [0.15, 0.2) is 0 Å². The van der Waals surface area contributed by atoms with E-state index in [1.54, 1.807) is 0 Å². The molecule has 0 unspecified atom stereocenters. The van der Waals surface area contributed by atoms with Crippen LogP contribution in [0.3, 0.4) is 0 Å². The topological polar surface area (TPSA) is 12.4 Å². The third-order valence-corrected chi connectivity index (χ3v) is 3.70. The van der Waals surface area contributed by atoms with E-state index in [0.717, 1.165) is 22.5 Å². The number of allylic oxidation sites excluding steroid dienone is 2. The van der Waals surface area contributed by atoms with E-state index >= 15 is 0 Å². The second-order valence-electron chi connectivity index (χ2n) is 4.77. The van der Waals surface area contributed by atoms with Gasteiger partial charge in [-0.3, -0.25) is 4.99 Å². The fourth-order valence-corrected chi connectivity index (χ4v) is 2.60. The van der Waals surface area contributed by atoms with Gasteiger partial charge < -0.3 is 0 Å². The van der Waals surface area contributed by atoms with E-state index in [-0.39, 0.29) is 5.92 Å². The van der Waals surface area contributed by atoms with E-state index in [1.165, 1.54) is 16.7 Å². The molecule has 0 spiro atoms. The van der Waals surface area contributed by atoms with Crippen molar-refractivity contribution < 1.29 is 0 Å². The van der Waals surface area contributed by atoms with Crippen LogP contribution < -0.4 is 0 Å². The molecule has 0 fully saturated rings. The molecule has 0 heterocycles. The normalized spacial score (nSPS) is 12.7. The van der Waals surface area contributed by atoms with Crippen molar-refractivity contribution in [3.63, 3.8) is 0 Å². The molecule has 1 aromatic rings. The maximum atomic E-state index is 6.08. The summed E-state index contributed by atoms with van der Waals surface area (Å²) in [7, 11) is 0. The SMILES string of the molecule is CCc1cc(Cl)ccc1[C@@H](C)C(N=CCBr)=C(C)C. The molecule has 0 aliphatic heterocycles. The van der Waals surface area contributed by atoms with Gasteiger partial charge in [0.1, 0.15) is 0 Å². The number of hydrogen-bond donors (Lipinski definition) is 0. The second kappa shape index (κ2) is 7.86. The van der Waals surface area contributed by atoms with Crippen LogP contribution in [0.15, 0.2) is 34.5 Å². The van der Waals surface area contributed by atoms with E-state index in [0.29, 0.717) is 0 Å². The zero-order chi connectivity index (χ0) is 14.4. The largest absolute Gasteiger partial charge is 0.264 e. The molecule has 1 atom stereocenters. The van der Waals surface area contributed by atoms with Crippen LogP contribution in [0.25, 0.3) is 0 Å². The Hall–Kier alpha value is -0.600. The highest BCUT2D eigenvalue weighted by Crippen LogP contribution is 2.31. The van der Waals surface area contributed by atoms with Gasteiger partial charge in [-0.1, -0.05) is 53.0 Å². The van der Waals surface area contributed by atoms with Gasteiger partial charge in [-0.15, -0.1) is 0 Å². The van der Waals surface area contributed by atoms with E-state index in [9.17, 15) is 0 Å². The molecule has 1 aromatic carbocycles. The Morgan fingerprint density at radius 1 is 1.42 bits per heavy atom. The number of rotatable bonds is 5. The maximum Gasteiger partial charge on any atom is 0.0458 e. The van der Waals surface area contributed by atoms with Crippen molar-refractivity contribution in [2.45, 2.75) is 40.0 Å². The minimum absolute atomic E-state index is 0.285. The Kier molecular flexibility index (Phi) is 6.81. The Morgan fingerprint density at radius 3 is 2.63 bits per heavy atom. The smallest absolute Gasteiger partial charge is 0.0458 e. The van der Waals surface area contributed by atoms with Crippen molar-refractivity contribution in [2.24, 2.45) is 4.99 Å². The maximum absolute atomic E-state index is 6.08. The molecule has 0 saturated carbocycles. The summed E-state index contributed by atoms with van der Waals surface area (Å²) in [5, 5.41) is 1.58. The molecular weight excluding hydrogens is 322 g/mol. The number of aliphatic imine (C=N–C) groups is 1. The van der Waals surface area contributed by atoms with Gasteiger partial charge in [0.2, 0.25) is 0 Å². The molecule has 104 valence electrons. The van der Waals surface area contributed by atoms with Crippen LogP contribution in [-0.2, 0) is 6.42 Å². The first-order valence-corrected chi connectivity index (χ1v) is 8.05. The van der Waals surface area contributed by atoms with E-state index in [2.05, 4.69) is 60.8 Å². The number of alkyl halides is 1. The van der Waals surface area contributed by atoms with Crippen LogP contribution in [0.4, 0.5) is 0 Å². The molecule has 0 amide bonds. The molecule has 1 nitrogen and oxygen atoms in total. The molecule has 0 saturated heterocycles. The third-order valence-electron chi connectivity index (χ3n) is 3.17. The summed E-state index contributed by atoms with van der Waals surface area (Å²) < 4.78 is 0. The lowest BCUT2D eigenvalue weighted by Crippen LogP contribution is -2.03. The number of nitrogens with zero attached hydrogens (tertiary/aromatic N) is 1. The second-order valence-corrected chi connectivity index (χ2v) is 5.85. The number of benzene rings is 1. The van der Waals surface area contributed by atoms with E-state index in [4.69, 9.17) is 11.6 Å². The first-order valence-electron chi connectivity index (χ1n) is 6.55. The fourth-order valence-electron chi connectivity index (χ4n) is 2.26. The predicted octanol–water partition coefficient (Wildman–Crippen LogP) is 5.77. The summed E-state index contributed by atoms with van der Waals surface area (Å²) in [5.41, 5.74) is 5.00. The molecule has 0 aromatic heterocycles. The van der Waals surface area contributed by atoms with Crippen LogP contribution in [0.1, 0.15) is 44.7 Å². The van der Waals surface area contributed by atoms with Gasteiger partial charge in [0, 0.05) is 28.2 Å². The average molecular weight is 343 g/mol. The van der Waals surface area contributed by atoms with Crippen LogP contribution in [0.2, 0.25) is 5.02 Å². The fraction of sp³-hybridized carbons (Fsp3) is 0.438. The highest BCUT2D eigenvalue weighted by Gasteiger charge is 2.15. The minimum Gasteiger partial charge on any atom is -0.264 e. The van der Waals surface area contributed by atoms with Crippen LogP contribution in [0, 0.1) is 0 Å². The van der Waals surface area contributed by atoms with Gasteiger partial charge in [-0.2, -0.15) is 0 Å². The lowest BCUT2D eigenvalue weighted by molar-refractivity contribution is 0.841.